The second kappa shape index (κ2) is 18.8. The molecule has 0 bridgehead atoms. The third kappa shape index (κ3) is 8.68. The Morgan fingerprint density at radius 1 is 0.758 bits per heavy atom. The molecule has 3 saturated heterocycles. The van der Waals surface area contributed by atoms with Gasteiger partial charge in [0.2, 0.25) is 0 Å². The van der Waals surface area contributed by atoms with Crippen molar-refractivity contribution in [2.75, 3.05) is 13.2 Å². The molecule has 3 heterocycles. The van der Waals surface area contributed by atoms with Gasteiger partial charge < -0.3 is 74.4 Å². The van der Waals surface area contributed by atoms with Gasteiger partial charge in [0, 0.05) is 25.0 Å². The SMILES string of the molecule is C/C(C(=O)CC[C@@H](C)CO)=C1/C(=O)C[C@H]2[C@@H]3CC=C4C[C@@H](O[C@@H]5O[C@H](CO)[C@@H](O)[C@H](O[C@@H]6O[C@@H](C)[C@H](O)[C@@H](O)[C@H]6O)[C@H]5O[C@@H]5O[C@@H](C)[C@H](O)[C@@H](O)[C@H]5O)CC[C@]4(C)[C@H]3CC[C@]12C. The summed E-state index contributed by atoms with van der Waals surface area (Å²) in [5, 5.41) is 95.1. The van der Waals surface area contributed by atoms with E-state index in [0.717, 1.165) is 25.7 Å². The lowest BCUT2D eigenvalue weighted by Crippen LogP contribution is -2.67. The van der Waals surface area contributed by atoms with Gasteiger partial charge in [-0.3, -0.25) is 9.59 Å². The minimum atomic E-state index is -1.77. The van der Waals surface area contributed by atoms with Gasteiger partial charge in [0.05, 0.1) is 24.9 Å². The zero-order valence-corrected chi connectivity index (χ0v) is 36.7. The van der Waals surface area contributed by atoms with Crippen LogP contribution in [0.2, 0.25) is 0 Å². The van der Waals surface area contributed by atoms with Crippen LogP contribution >= 0.6 is 0 Å². The van der Waals surface area contributed by atoms with Gasteiger partial charge in [0.25, 0.3) is 0 Å². The Morgan fingerprint density at radius 3 is 1.95 bits per heavy atom. The topological polar surface area (TPSA) is 272 Å². The molecule has 0 amide bonds. The highest BCUT2D eigenvalue weighted by molar-refractivity contribution is 6.08. The average molecular weight is 883 g/mol. The Balaban J connectivity index is 1.12. The molecule has 9 N–H and O–H groups in total. The Bertz CT molecular complexity index is 1690. The third-order valence-corrected chi connectivity index (χ3v) is 16.0. The van der Waals surface area contributed by atoms with Crippen LogP contribution in [0, 0.1) is 34.5 Å². The van der Waals surface area contributed by atoms with Crippen LogP contribution in [0.3, 0.4) is 0 Å². The molecule has 17 nitrogen and oxygen atoms in total. The maximum Gasteiger partial charge on any atom is 0.187 e. The highest BCUT2D eigenvalue weighted by Crippen LogP contribution is 2.66. The molecule has 7 rings (SSSR count). The number of rotatable bonds is 12. The first-order valence-corrected chi connectivity index (χ1v) is 22.6. The van der Waals surface area contributed by atoms with Crippen molar-refractivity contribution in [1.29, 1.82) is 0 Å². The summed E-state index contributed by atoms with van der Waals surface area (Å²) in [5.74, 6) is 0.665. The van der Waals surface area contributed by atoms with Crippen molar-refractivity contribution >= 4 is 11.6 Å². The van der Waals surface area contributed by atoms with Crippen LogP contribution in [0.4, 0.5) is 0 Å². The number of allylic oxidation sites excluding steroid dienone is 3. The van der Waals surface area contributed by atoms with E-state index >= 15 is 0 Å². The maximum absolute atomic E-state index is 13.8. The number of fused-ring (bicyclic) bond motifs is 5. The number of ketones is 2. The molecule has 0 spiro atoms. The number of aliphatic hydroxyl groups is 9. The van der Waals surface area contributed by atoms with Crippen LogP contribution in [-0.4, -0.2) is 169 Å². The molecule has 22 atom stereocenters. The molecule has 0 aromatic rings. The van der Waals surface area contributed by atoms with E-state index in [4.69, 9.17) is 28.4 Å². The van der Waals surface area contributed by atoms with Gasteiger partial charge in [-0.2, -0.15) is 0 Å². The van der Waals surface area contributed by atoms with Gasteiger partial charge >= 0.3 is 0 Å². The summed E-state index contributed by atoms with van der Waals surface area (Å²) in [6, 6.07) is 0. The zero-order chi connectivity index (χ0) is 45.2. The van der Waals surface area contributed by atoms with Gasteiger partial charge in [-0.25, -0.2) is 0 Å². The van der Waals surface area contributed by atoms with Crippen molar-refractivity contribution in [1.82, 2.24) is 0 Å². The van der Waals surface area contributed by atoms with Gasteiger partial charge in [-0.1, -0.05) is 32.4 Å². The Morgan fingerprint density at radius 2 is 1.35 bits per heavy atom. The summed E-state index contributed by atoms with van der Waals surface area (Å²) in [4.78, 5) is 27.2. The van der Waals surface area contributed by atoms with Crippen LogP contribution in [-0.2, 0) is 38.0 Å². The minimum Gasteiger partial charge on any atom is -0.396 e. The molecule has 6 fully saturated rings. The molecule has 4 aliphatic carbocycles. The predicted octanol–water partition coefficient (Wildman–Crippen LogP) is 0.311. The number of hydrogen-bond acceptors (Lipinski definition) is 17. The normalized spacial score (nSPS) is 49.6. The quantitative estimate of drug-likeness (QED) is 0.0943. The first kappa shape index (κ1) is 48.2. The van der Waals surface area contributed by atoms with Gasteiger partial charge in [0.1, 0.15) is 61.0 Å². The summed E-state index contributed by atoms with van der Waals surface area (Å²) in [5.41, 5.74) is 1.86. The summed E-state index contributed by atoms with van der Waals surface area (Å²) in [6.07, 6.45) is -14.9. The molecule has 352 valence electrons. The van der Waals surface area contributed by atoms with Crippen molar-refractivity contribution in [2.45, 2.75) is 198 Å². The van der Waals surface area contributed by atoms with Gasteiger partial charge in [-0.05, 0) is 106 Å². The largest absolute Gasteiger partial charge is 0.396 e. The van der Waals surface area contributed by atoms with E-state index in [-0.39, 0.29) is 47.3 Å². The maximum atomic E-state index is 13.8. The minimum absolute atomic E-state index is 0.00761. The van der Waals surface area contributed by atoms with E-state index in [0.29, 0.717) is 43.3 Å². The molecular weight excluding hydrogens is 812 g/mol. The first-order valence-electron chi connectivity index (χ1n) is 22.6. The fourth-order valence-electron chi connectivity index (χ4n) is 12.0. The van der Waals surface area contributed by atoms with Crippen LogP contribution in [0.1, 0.15) is 99.3 Å². The predicted molar refractivity (Wildman–Crippen MR) is 216 cm³/mol. The van der Waals surface area contributed by atoms with E-state index in [1.54, 1.807) is 6.92 Å². The summed E-state index contributed by atoms with van der Waals surface area (Å²) < 4.78 is 36.7. The monoisotopic (exact) mass is 882 g/mol. The highest BCUT2D eigenvalue weighted by Gasteiger charge is 2.61. The van der Waals surface area contributed by atoms with Crippen LogP contribution in [0.15, 0.2) is 22.8 Å². The number of ether oxygens (including phenoxy) is 6. The number of aliphatic hydroxyl groups excluding tert-OH is 9. The van der Waals surface area contributed by atoms with Crippen LogP contribution in [0.25, 0.3) is 0 Å². The van der Waals surface area contributed by atoms with E-state index in [2.05, 4.69) is 19.9 Å². The molecule has 3 aliphatic heterocycles. The standard InChI is InChI=1S/C45H70O17/c1-19(17-46)7-10-28(48)20(2)31-29(49)16-27-25-9-8-23-15-24(11-13-44(23,5)26(25)12-14-45(27,31)6)59-43-40(62-42-38(56)36(54)33(51)22(4)58-42)39(34(52)30(18-47)60-43)61-41-37(55)35(53)32(50)21(3)57-41/h8,19,21-22,24-27,30,32-43,46-47,50-56H,7,9-18H2,1-6H3/b31-20+/t19-,21+,22+,24+,25-,26+,27+,30-,32+,33+,34-,35-,36-,37-,38-,39+,40-,41+,42+,43-,44+,45+/m1/s1. The van der Waals surface area contributed by atoms with E-state index < -0.39 is 110 Å². The van der Waals surface area contributed by atoms with Crippen molar-refractivity contribution in [3.05, 3.63) is 22.8 Å². The highest BCUT2D eigenvalue weighted by atomic mass is 16.8. The van der Waals surface area contributed by atoms with Gasteiger partial charge in [0.15, 0.2) is 30.4 Å². The zero-order valence-electron chi connectivity index (χ0n) is 36.7. The number of Topliss-reactive ketones (excluding diaryl/α,β-unsaturated/α-hetero) is 2. The average Bonchev–Trinajstić information content (AvgIpc) is 3.52. The molecule has 0 aromatic heterocycles. The molecule has 17 heteroatoms. The Labute approximate surface area is 363 Å². The van der Waals surface area contributed by atoms with Crippen molar-refractivity contribution in [3.8, 4) is 0 Å². The van der Waals surface area contributed by atoms with Gasteiger partial charge in [-0.15, -0.1) is 0 Å². The smallest absolute Gasteiger partial charge is 0.187 e. The van der Waals surface area contributed by atoms with Crippen molar-refractivity contribution in [3.63, 3.8) is 0 Å². The summed E-state index contributed by atoms with van der Waals surface area (Å²) in [6.45, 7) is 10.4. The molecule has 0 aromatic carbocycles. The fraction of sp³-hybridized carbons (Fsp3) is 0.867. The second-order valence-electron chi connectivity index (χ2n) is 19.9. The van der Waals surface area contributed by atoms with Crippen molar-refractivity contribution < 1.29 is 84.0 Å². The molecule has 7 aliphatic rings. The molecular formula is C45H70O17. The summed E-state index contributed by atoms with van der Waals surface area (Å²) in [7, 11) is 0. The van der Waals surface area contributed by atoms with E-state index in [1.165, 1.54) is 19.4 Å². The molecule has 62 heavy (non-hydrogen) atoms. The van der Waals surface area contributed by atoms with Crippen LogP contribution in [0.5, 0.6) is 0 Å². The molecule has 0 unspecified atom stereocenters. The Hall–Kier alpha value is -1.78. The van der Waals surface area contributed by atoms with Crippen LogP contribution < -0.4 is 0 Å². The Kier molecular flexibility index (Phi) is 14.6. The number of carbonyl (C=O) groups excluding carboxylic acids is 2. The van der Waals surface area contributed by atoms with E-state index in [9.17, 15) is 55.5 Å². The molecule has 0 radical (unpaired) electrons. The first-order chi connectivity index (χ1) is 29.2. The van der Waals surface area contributed by atoms with Crippen molar-refractivity contribution in [2.24, 2.45) is 34.5 Å². The van der Waals surface area contributed by atoms with E-state index in [1.807, 2.05) is 6.92 Å². The second-order valence-corrected chi connectivity index (χ2v) is 19.9. The lowest BCUT2D eigenvalue weighted by molar-refractivity contribution is -0.393. The number of hydrogen-bond donors (Lipinski definition) is 9. The lowest BCUT2D eigenvalue weighted by atomic mass is 9.47. The molecule has 3 saturated carbocycles. The third-order valence-electron chi connectivity index (χ3n) is 16.0. The summed E-state index contributed by atoms with van der Waals surface area (Å²) >= 11 is 0. The number of carbonyl (C=O) groups is 2. The fourth-order valence-corrected chi connectivity index (χ4v) is 12.0. The lowest BCUT2D eigenvalue weighted by Gasteiger charge is -2.57.